The summed E-state index contributed by atoms with van der Waals surface area (Å²) in [5.74, 6) is 0.755. The zero-order valence-electron chi connectivity index (χ0n) is 55.5. The summed E-state index contributed by atoms with van der Waals surface area (Å²) in [4.78, 5) is 137. The molecule has 0 fully saturated rings. The molecule has 6 aromatic rings. The van der Waals surface area contributed by atoms with Gasteiger partial charge < -0.3 is 80.2 Å². The first-order valence-corrected chi connectivity index (χ1v) is 33.1. The Balaban J connectivity index is 0.560. The van der Waals surface area contributed by atoms with Crippen LogP contribution in [0.4, 0.5) is 10.1 Å². The molecule has 0 saturated carbocycles. The minimum atomic E-state index is -2.06. The fourth-order valence-electron chi connectivity index (χ4n) is 12.2. The zero-order valence-corrected chi connectivity index (χ0v) is 55.5. The van der Waals surface area contributed by atoms with Crippen LogP contribution in [0.5, 0.6) is 0 Å². The third kappa shape index (κ3) is 18.1. The molecule has 0 spiro atoms. The van der Waals surface area contributed by atoms with Crippen molar-refractivity contribution < 1.29 is 81.1 Å². The van der Waals surface area contributed by atoms with Gasteiger partial charge in [-0.15, -0.1) is 0 Å². The molecule has 1 aliphatic carbocycles. The highest BCUT2D eigenvalue weighted by Gasteiger charge is 2.46. The highest BCUT2D eigenvalue weighted by molar-refractivity contribution is 5.98. The van der Waals surface area contributed by atoms with Gasteiger partial charge >= 0.3 is 5.97 Å². The number of aromatic nitrogens is 2. The fourth-order valence-corrected chi connectivity index (χ4v) is 12.2. The van der Waals surface area contributed by atoms with E-state index < -0.39 is 103 Å². The number of ether oxygens (including phenoxy) is 6. The molecule has 4 aromatic carbocycles. The van der Waals surface area contributed by atoms with E-state index in [1.54, 1.807) is 55.1 Å². The molecule has 3 atom stereocenters. The first-order chi connectivity index (χ1) is 48.4. The molecule has 27 nitrogen and oxygen atoms in total. The summed E-state index contributed by atoms with van der Waals surface area (Å²) in [5.41, 5.74) is 5.03. The molecule has 0 bridgehead atoms. The van der Waals surface area contributed by atoms with Gasteiger partial charge in [0.15, 0.2) is 5.60 Å². The molecule has 4 aliphatic rings. The van der Waals surface area contributed by atoms with E-state index in [1.807, 2.05) is 48.5 Å². The van der Waals surface area contributed by atoms with Crippen LogP contribution in [-0.2, 0) is 110 Å². The second-order valence-corrected chi connectivity index (χ2v) is 24.1. The Bertz CT molecular complexity index is 4210. The van der Waals surface area contributed by atoms with E-state index in [0.717, 1.165) is 22.3 Å². The SMILES string of the molecule is CC[C@@]1(O)C(=O)OCc2c1cc1n(c2=O)Cc2c-1nc1cc(F)c(C)c3c1c2C(NC(=O)COCNC(=O)CNC(=O)C(Cc1ccccc1)NC(=O)CNC(=O)CNC(=O)CCOCCOCCOCCOCCNC(=O)CCC(=O)N1Cc2ccccc2C#Cc2ccccc21)CC3. The molecule has 2 aromatic heterocycles. The van der Waals surface area contributed by atoms with Crippen LogP contribution in [0.25, 0.3) is 22.3 Å². The average Bonchev–Trinajstić information content (AvgIpc) is 1.52. The van der Waals surface area contributed by atoms with Crippen molar-refractivity contribution >= 4 is 69.8 Å². The van der Waals surface area contributed by atoms with Gasteiger partial charge in [-0.1, -0.05) is 79.4 Å². The molecule has 2 unspecified atom stereocenters. The molecule has 0 radical (unpaired) electrons. The number of para-hydroxylation sites is 1. The Labute approximate surface area is 574 Å². The van der Waals surface area contributed by atoms with Gasteiger partial charge in [0.2, 0.25) is 47.3 Å². The van der Waals surface area contributed by atoms with E-state index in [2.05, 4.69) is 49.1 Å². The number of pyridine rings is 2. The van der Waals surface area contributed by atoms with Gasteiger partial charge in [0.25, 0.3) is 5.56 Å². The number of carbonyl (C=O) groups excluding carboxylic acids is 9. The monoisotopic (exact) mass is 1370 g/mol. The number of anilines is 1. The predicted molar refractivity (Wildman–Crippen MR) is 359 cm³/mol. The zero-order chi connectivity index (χ0) is 70.7. The minimum Gasteiger partial charge on any atom is -0.458 e. The summed E-state index contributed by atoms with van der Waals surface area (Å²) >= 11 is 0. The van der Waals surface area contributed by atoms with E-state index in [0.29, 0.717) is 89.4 Å². The third-order valence-electron chi connectivity index (χ3n) is 17.5. The lowest BCUT2D eigenvalue weighted by Crippen LogP contribution is -2.52. The van der Waals surface area contributed by atoms with Gasteiger partial charge in [0.05, 0.1) is 120 Å². The van der Waals surface area contributed by atoms with Crippen molar-refractivity contribution in [3.05, 3.63) is 163 Å². The molecule has 8 N–H and O–H groups in total. The number of hydrogen-bond donors (Lipinski definition) is 8. The molecular formula is C72H79FN10O17. The molecule has 100 heavy (non-hydrogen) atoms. The van der Waals surface area contributed by atoms with Crippen molar-refractivity contribution in [1.29, 1.82) is 0 Å². The van der Waals surface area contributed by atoms with Gasteiger partial charge in [-0.25, -0.2) is 14.2 Å². The summed E-state index contributed by atoms with van der Waals surface area (Å²) in [6.07, 6.45) is 0.726. The molecule has 526 valence electrons. The van der Waals surface area contributed by atoms with Crippen molar-refractivity contribution in [2.24, 2.45) is 0 Å². The van der Waals surface area contributed by atoms with Crippen molar-refractivity contribution in [2.45, 2.75) is 96.2 Å². The first-order valence-electron chi connectivity index (χ1n) is 33.1. The maximum atomic E-state index is 15.4. The lowest BCUT2D eigenvalue weighted by molar-refractivity contribution is -0.172. The van der Waals surface area contributed by atoms with Crippen molar-refractivity contribution in [3.8, 4) is 23.2 Å². The van der Waals surface area contributed by atoms with Gasteiger partial charge in [-0.2, -0.15) is 0 Å². The lowest BCUT2D eigenvalue weighted by atomic mass is 9.81. The highest BCUT2D eigenvalue weighted by atomic mass is 19.1. The number of esters is 1. The molecule has 3 aliphatic heterocycles. The standard InChI is InChI=1S/C72H79FN10O17/c1-3-72(94)52-34-58-68-50(40-83(58)70(92)51(52)41-100-71(72)93)67-54(20-19-49-44(2)53(73)35-55(81-68)66(49)67)79-64(89)42-99-43-78-62(87)37-77-69(91)56(33-45-11-5-4-6-12-45)80-63(88)38-76-61(86)36-75-60(85)23-25-95-27-29-97-31-32-98-30-28-96-26-24-74-59(84)21-22-65(90)82-39-48-15-8-7-13-46(48)17-18-47-14-9-10-16-57(47)82/h4-16,34-35,54,56,94H,3,19-33,36-43H2,1-2H3,(H,74,84)(H,75,85)(H,76,86)(H,77,91)(H,78,87)(H,79,89)(H,80,88)/t54?,56?,72-/m0/s1. The van der Waals surface area contributed by atoms with E-state index in [-0.39, 0.29) is 108 Å². The summed E-state index contributed by atoms with van der Waals surface area (Å²) < 4.78 is 49.7. The van der Waals surface area contributed by atoms with Crippen LogP contribution in [0.2, 0.25) is 0 Å². The van der Waals surface area contributed by atoms with Crippen LogP contribution in [0.3, 0.4) is 0 Å². The van der Waals surface area contributed by atoms with Crippen LogP contribution in [0.1, 0.15) is 101 Å². The van der Waals surface area contributed by atoms with E-state index in [9.17, 15) is 53.1 Å². The van der Waals surface area contributed by atoms with Crippen LogP contribution in [0, 0.1) is 24.6 Å². The third-order valence-corrected chi connectivity index (χ3v) is 17.5. The normalized spacial score (nSPS) is 15.5. The van der Waals surface area contributed by atoms with E-state index in [1.165, 1.54) is 10.6 Å². The number of cyclic esters (lactones) is 1. The number of nitrogens with one attached hydrogen (secondary N) is 7. The number of rotatable bonds is 34. The van der Waals surface area contributed by atoms with E-state index in [4.69, 9.17) is 33.4 Å². The predicted octanol–water partition coefficient (Wildman–Crippen LogP) is 2.10. The number of fused-ring (bicyclic) bond motifs is 7. The topological polar surface area (TPSA) is 352 Å². The number of aliphatic hydroxyl groups is 1. The second-order valence-electron chi connectivity index (χ2n) is 24.1. The number of nitrogens with zero attached hydrogens (tertiary/aromatic N) is 3. The van der Waals surface area contributed by atoms with Gasteiger partial charge in [0.1, 0.15) is 31.8 Å². The molecule has 8 amide bonds. The fraction of sp³-hybridized carbons (Fsp3) is 0.403. The van der Waals surface area contributed by atoms with Gasteiger partial charge in [0, 0.05) is 65.9 Å². The summed E-state index contributed by atoms with van der Waals surface area (Å²) in [7, 11) is 0. The Kier molecular flexibility index (Phi) is 25.0. The van der Waals surface area contributed by atoms with Crippen molar-refractivity contribution in [1.82, 2.24) is 46.8 Å². The maximum absolute atomic E-state index is 15.4. The number of carbonyl (C=O) groups is 9. The second kappa shape index (κ2) is 34.5. The number of hydrogen-bond acceptors (Lipinski definition) is 18. The smallest absolute Gasteiger partial charge is 0.343 e. The Morgan fingerprint density at radius 3 is 2.10 bits per heavy atom. The molecule has 28 heteroatoms. The van der Waals surface area contributed by atoms with Crippen molar-refractivity contribution in [3.63, 3.8) is 0 Å². The van der Waals surface area contributed by atoms with Crippen LogP contribution in [0.15, 0.2) is 95.8 Å². The Morgan fingerprint density at radius 2 is 1.34 bits per heavy atom. The quantitative estimate of drug-likeness (QED) is 0.0124. The summed E-state index contributed by atoms with van der Waals surface area (Å²) in [6, 6.07) is 25.0. The number of benzene rings is 4. The largest absolute Gasteiger partial charge is 0.458 e. The number of halogens is 1. The minimum absolute atomic E-state index is 0.0252. The Morgan fingerprint density at radius 1 is 0.690 bits per heavy atom. The van der Waals surface area contributed by atoms with Gasteiger partial charge in [-0.3, -0.25) is 43.2 Å². The van der Waals surface area contributed by atoms with E-state index >= 15 is 4.39 Å². The summed E-state index contributed by atoms with van der Waals surface area (Å²) in [6.45, 7) is 3.11. The van der Waals surface area contributed by atoms with Crippen molar-refractivity contribution in [2.75, 3.05) is 97.3 Å². The maximum Gasteiger partial charge on any atom is 0.343 e. The lowest BCUT2D eigenvalue weighted by Gasteiger charge is -2.31. The van der Waals surface area contributed by atoms with Crippen LogP contribution < -0.4 is 47.7 Å². The molecule has 0 saturated heterocycles. The number of aryl methyl sites for hydroxylation is 1. The highest BCUT2D eigenvalue weighted by Crippen LogP contribution is 2.46. The summed E-state index contributed by atoms with van der Waals surface area (Å²) in [5, 5.41) is 30.2. The molecule has 5 heterocycles. The van der Waals surface area contributed by atoms with Crippen LogP contribution in [-0.4, -0.2) is 166 Å². The number of amides is 8. The average molecular weight is 1380 g/mol. The molecular weight excluding hydrogens is 1300 g/mol. The van der Waals surface area contributed by atoms with Gasteiger partial charge in [-0.05, 0) is 78.3 Å². The van der Waals surface area contributed by atoms with Crippen LogP contribution >= 0.6 is 0 Å². The first kappa shape index (κ1) is 72.5. The Hall–Kier alpha value is -10.3. The molecule has 10 rings (SSSR count).